The first kappa shape index (κ1) is 30.2. The molecule has 0 unspecified atom stereocenters. The Balaban J connectivity index is 1.83. The lowest BCUT2D eigenvalue weighted by molar-refractivity contribution is -0.274. The van der Waals surface area contributed by atoms with Crippen LogP contribution in [0.3, 0.4) is 0 Å². The Morgan fingerprint density at radius 1 is 1.02 bits per heavy atom. The Kier molecular flexibility index (Phi) is 8.88. The van der Waals surface area contributed by atoms with E-state index in [0.717, 1.165) is 24.3 Å². The second kappa shape index (κ2) is 12.4. The fourth-order valence-electron chi connectivity index (χ4n) is 4.20. The van der Waals surface area contributed by atoms with Gasteiger partial charge in [-0.25, -0.2) is 18.7 Å². The molecule has 42 heavy (non-hydrogen) atoms. The lowest BCUT2D eigenvalue weighted by atomic mass is 10.1. The van der Waals surface area contributed by atoms with Gasteiger partial charge in [0.05, 0.1) is 37.6 Å². The number of hydrogen-bond donors (Lipinski definition) is 2. The van der Waals surface area contributed by atoms with Crippen LogP contribution in [0.25, 0.3) is 22.3 Å². The number of anilines is 2. The summed E-state index contributed by atoms with van der Waals surface area (Å²) in [7, 11) is 3.04. The van der Waals surface area contributed by atoms with Crippen LogP contribution in [0.4, 0.5) is 33.5 Å². The zero-order valence-electron chi connectivity index (χ0n) is 23.0. The van der Waals surface area contributed by atoms with Gasteiger partial charge < -0.3 is 29.2 Å². The van der Waals surface area contributed by atoms with Crippen molar-refractivity contribution in [2.75, 3.05) is 19.5 Å². The van der Waals surface area contributed by atoms with E-state index >= 15 is 0 Å². The van der Waals surface area contributed by atoms with Crippen LogP contribution < -0.4 is 10.1 Å². The van der Waals surface area contributed by atoms with E-state index in [-0.39, 0.29) is 40.7 Å². The third-order valence-electron chi connectivity index (χ3n) is 6.20. The van der Waals surface area contributed by atoms with Crippen molar-refractivity contribution in [3.05, 3.63) is 83.5 Å². The number of nitrogens with zero attached hydrogens (tertiary/aromatic N) is 3. The molecule has 0 fully saturated rings. The van der Waals surface area contributed by atoms with Crippen LogP contribution in [0, 0.1) is 11.6 Å². The molecule has 4 aromatic rings. The molecule has 0 radical (unpaired) electrons. The van der Waals surface area contributed by atoms with Gasteiger partial charge in [-0.15, -0.1) is 13.2 Å². The summed E-state index contributed by atoms with van der Waals surface area (Å²) >= 11 is 0. The van der Waals surface area contributed by atoms with Crippen molar-refractivity contribution < 1.29 is 41.3 Å². The minimum Gasteiger partial charge on any atom is -0.501 e. The number of aromatic nitrogens is 3. The summed E-state index contributed by atoms with van der Waals surface area (Å²) in [6.45, 7) is 3.84. The Bertz CT molecular complexity index is 1620. The fourth-order valence-corrected chi connectivity index (χ4v) is 4.20. The molecule has 0 saturated heterocycles. The molecule has 0 aliphatic carbocycles. The third-order valence-corrected chi connectivity index (χ3v) is 6.20. The predicted octanol–water partition coefficient (Wildman–Crippen LogP) is 7.59. The number of hydrogen-bond acceptors (Lipinski definition) is 7. The summed E-state index contributed by atoms with van der Waals surface area (Å²) in [6.07, 6.45) is -1.03. The molecular weight excluding hydrogens is 563 g/mol. The summed E-state index contributed by atoms with van der Waals surface area (Å²) < 4.78 is 83.3. The quantitative estimate of drug-likeness (QED) is 0.112. The second-order valence-electron chi connectivity index (χ2n) is 9.05. The SMILES string of the molecule is CCC(=CC(OC)=C(C)Cn1cc2nc(-c3c(F)cccc3F)nc(Nc3ccc(OC(F)(F)F)cc3)c2c1O)OC. The molecular formula is C29H27F5N4O4. The van der Waals surface area contributed by atoms with Crippen LogP contribution in [0.5, 0.6) is 11.6 Å². The molecule has 0 aliphatic rings. The van der Waals surface area contributed by atoms with Gasteiger partial charge >= 0.3 is 6.36 Å². The predicted molar refractivity (Wildman–Crippen MR) is 146 cm³/mol. The topological polar surface area (TPSA) is 90.7 Å². The van der Waals surface area contributed by atoms with Crippen LogP contribution in [-0.4, -0.2) is 40.2 Å². The van der Waals surface area contributed by atoms with Crippen molar-refractivity contribution in [2.45, 2.75) is 33.2 Å². The Morgan fingerprint density at radius 3 is 2.26 bits per heavy atom. The number of nitrogens with one attached hydrogen (secondary N) is 1. The van der Waals surface area contributed by atoms with Crippen molar-refractivity contribution >= 4 is 22.4 Å². The number of rotatable bonds is 10. The van der Waals surface area contributed by atoms with Gasteiger partial charge in [0, 0.05) is 24.4 Å². The molecule has 222 valence electrons. The standard InChI is InChI=1S/C29H27F5N4O4/c1-5-18(40-3)13-23(41-4)16(2)14-38-15-22-25(28(38)39)27(35-17-9-11-19(12-10-17)42-29(32,33)34)37-26(36-22)24-20(30)7-6-8-21(24)31/h6-13,15,39H,5,14H2,1-4H3,(H,35,36,37). The van der Waals surface area contributed by atoms with Gasteiger partial charge in [-0.2, -0.15) is 0 Å². The maximum Gasteiger partial charge on any atom is 0.573 e. The van der Waals surface area contributed by atoms with E-state index < -0.39 is 29.3 Å². The number of aromatic hydroxyl groups is 1. The van der Waals surface area contributed by atoms with E-state index in [4.69, 9.17) is 9.47 Å². The van der Waals surface area contributed by atoms with E-state index in [2.05, 4.69) is 20.0 Å². The summed E-state index contributed by atoms with van der Waals surface area (Å²) in [6, 6.07) is 8.04. The van der Waals surface area contributed by atoms with Gasteiger partial charge in [0.1, 0.15) is 34.3 Å². The molecule has 2 aromatic carbocycles. The maximum absolute atomic E-state index is 14.7. The van der Waals surface area contributed by atoms with E-state index in [1.165, 1.54) is 36.1 Å². The van der Waals surface area contributed by atoms with Crippen LogP contribution in [-0.2, 0) is 16.0 Å². The lowest BCUT2D eigenvalue weighted by Gasteiger charge is -2.13. The minimum absolute atomic E-state index is 0.0421. The zero-order valence-corrected chi connectivity index (χ0v) is 23.0. The molecule has 0 aliphatic heterocycles. The van der Waals surface area contributed by atoms with Gasteiger partial charge in [-0.1, -0.05) is 13.0 Å². The van der Waals surface area contributed by atoms with Crippen molar-refractivity contribution in [1.82, 2.24) is 14.5 Å². The van der Waals surface area contributed by atoms with E-state index in [1.54, 1.807) is 20.1 Å². The molecule has 0 saturated carbocycles. The highest BCUT2D eigenvalue weighted by molar-refractivity contribution is 5.97. The number of allylic oxidation sites excluding steroid dienone is 3. The normalized spacial score (nSPS) is 12.7. The second-order valence-corrected chi connectivity index (χ2v) is 9.05. The monoisotopic (exact) mass is 590 g/mol. The van der Waals surface area contributed by atoms with E-state index in [1.807, 2.05) is 6.92 Å². The van der Waals surface area contributed by atoms with Crippen LogP contribution in [0.1, 0.15) is 20.3 Å². The first-order valence-electron chi connectivity index (χ1n) is 12.6. The van der Waals surface area contributed by atoms with Crippen LogP contribution >= 0.6 is 0 Å². The Hall–Kier alpha value is -4.81. The van der Waals surface area contributed by atoms with Crippen LogP contribution in [0.2, 0.25) is 0 Å². The summed E-state index contributed by atoms with van der Waals surface area (Å²) in [5.41, 5.74) is 0.622. The van der Waals surface area contributed by atoms with Crippen molar-refractivity contribution in [3.63, 3.8) is 0 Å². The van der Waals surface area contributed by atoms with Gasteiger partial charge in [0.15, 0.2) is 5.82 Å². The third kappa shape index (κ3) is 6.73. The molecule has 2 aromatic heterocycles. The molecule has 13 heteroatoms. The van der Waals surface area contributed by atoms with Gasteiger partial charge in [-0.05, 0) is 48.9 Å². The molecule has 4 rings (SSSR count). The highest BCUT2D eigenvalue weighted by atomic mass is 19.4. The molecule has 2 N–H and O–H groups in total. The van der Waals surface area contributed by atoms with E-state index in [0.29, 0.717) is 23.5 Å². The molecule has 8 nitrogen and oxygen atoms in total. The van der Waals surface area contributed by atoms with Gasteiger partial charge in [-0.3, -0.25) is 0 Å². The summed E-state index contributed by atoms with van der Waals surface area (Å²) in [5, 5.41) is 14.2. The minimum atomic E-state index is -4.87. The molecule has 0 spiro atoms. The molecule has 0 amide bonds. The van der Waals surface area contributed by atoms with Crippen molar-refractivity contribution in [1.29, 1.82) is 0 Å². The first-order valence-corrected chi connectivity index (χ1v) is 12.6. The largest absolute Gasteiger partial charge is 0.573 e. The molecule has 0 atom stereocenters. The van der Waals surface area contributed by atoms with Crippen molar-refractivity contribution in [2.24, 2.45) is 0 Å². The number of fused-ring (bicyclic) bond motifs is 1. The lowest BCUT2D eigenvalue weighted by Crippen LogP contribution is -2.16. The number of halogens is 5. The first-order chi connectivity index (χ1) is 19.9. The Morgan fingerprint density at radius 2 is 1.69 bits per heavy atom. The summed E-state index contributed by atoms with van der Waals surface area (Å²) in [5.74, 6) is -1.70. The molecule has 2 heterocycles. The van der Waals surface area contributed by atoms with Gasteiger partial charge in [0.2, 0.25) is 5.88 Å². The average molecular weight is 591 g/mol. The van der Waals surface area contributed by atoms with E-state index in [9.17, 15) is 27.1 Å². The fraction of sp³-hybridized carbons (Fsp3) is 0.241. The Labute approximate surface area is 237 Å². The van der Waals surface area contributed by atoms with Crippen molar-refractivity contribution in [3.8, 4) is 23.0 Å². The highest BCUT2D eigenvalue weighted by Gasteiger charge is 2.31. The number of methoxy groups -OCH3 is 2. The van der Waals surface area contributed by atoms with Gasteiger partial charge in [0.25, 0.3) is 0 Å². The molecule has 0 bridgehead atoms. The zero-order chi connectivity index (χ0) is 30.6. The number of alkyl halides is 3. The average Bonchev–Trinajstić information content (AvgIpc) is 3.24. The maximum atomic E-state index is 14.7. The number of ether oxygens (including phenoxy) is 3. The highest BCUT2D eigenvalue weighted by Crippen LogP contribution is 2.37. The number of benzene rings is 2. The smallest absolute Gasteiger partial charge is 0.501 e. The summed E-state index contributed by atoms with van der Waals surface area (Å²) in [4.78, 5) is 8.60. The van der Waals surface area contributed by atoms with Crippen LogP contribution in [0.15, 0.2) is 71.8 Å².